The molecule has 1 aliphatic heterocycles. The number of nitrogens with one attached hydrogen (secondary N) is 1. The number of halogens is 3. The smallest absolute Gasteiger partial charge is 0.348 e. The summed E-state index contributed by atoms with van der Waals surface area (Å²) in [4.78, 5) is 25.1. The zero-order valence-electron chi connectivity index (χ0n) is 16.1. The Hall–Kier alpha value is -2.77. The van der Waals surface area contributed by atoms with E-state index in [4.69, 9.17) is 0 Å². The van der Waals surface area contributed by atoms with E-state index in [9.17, 15) is 22.8 Å². The third-order valence-electron chi connectivity index (χ3n) is 4.45. The molecule has 5 nitrogen and oxygen atoms in total. The van der Waals surface area contributed by atoms with Gasteiger partial charge in [-0.1, -0.05) is 20.4 Å². The van der Waals surface area contributed by atoms with Gasteiger partial charge in [0.1, 0.15) is 6.54 Å². The van der Waals surface area contributed by atoms with Gasteiger partial charge in [0.2, 0.25) is 11.8 Å². The molecule has 2 aromatic rings. The molecule has 0 atom stereocenters. The van der Waals surface area contributed by atoms with E-state index in [0.29, 0.717) is 29.6 Å². The van der Waals surface area contributed by atoms with Crippen LogP contribution in [0, 0.1) is 6.92 Å². The SMILES string of the molecule is C=CC(=O)N1CC(NC(=O)Cn2cc(C)c3cc(C(F)(F)F)ccc32)C1.CC. The van der Waals surface area contributed by atoms with Gasteiger partial charge in [0, 0.05) is 30.2 Å². The van der Waals surface area contributed by atoms with E-state index in [2.05, 4.69) is 11.9 Å². The van der Waals surface area contributed by atoms with Crippen LogP contribution in [0.3, 0.4) is 0 Å². The lowest BCUT2D eigenvalue weighted by molar-refractivity contribution is -0.137. The number of aryl methyl sites for hydroxylation is 1. The molecule has 0 bridgehead atoms. The van der Waals surface area contributed by atoms with E-state index in [0.717, 1.165) is 12.1 Å². The van der Waals surface area contributed by atoms with Gasteiger partial charge in [-0.25, -0.2) is 0 Å². The summed E-state index contributed by atoms with van der Waals surface area (Å²) in [5, 5.41) is 3.29. The Bertz CT molecular complexity index is 881. The molecule has 1 saturated heterocycles. The lowest BCUT2D eigenvalue weighted by Crippen LogP contribution is -2.61. The molecule has 1 aliphatic rings. The molecule has 2 heterocycles. The molecule has 1 aromatic carbocycles. The second kappa shape index (κ2) is 8.50. The Kier molecular flexibility index (Phi) is 6.53. The number of rotatable bonds is 4. The lowest BCUT2D eigenvalue weighted by atomic mass is 10.1. The van der Waals surface area contributed by atoms with Gasteiger partial charge in [0.25, 0.3) is 0 Å². The standard InChI is InChI=1S/C18H18F3N3O2.C2H6/c1-3-17(26)24-8-13(9-24)22-16(25)10-23-7-11(2)14-6-12(18(19,20)21)4-5-15(14)23;1-2/h3-7,13H,1,8-10H2,2H3,(H,22,25);1-2H3. The van der Waals surface area contributed by atoms with E-state index in [1.165, 1.54) is 12.1 Å². The highest BCUT2D eigenvalue weighted by Gasteiger charge is 2.32. The van der Waals surface area contributed by atoms with Crippen LogP contribution < -0.4 is 5.32 Å². The molecule has 8 heteroatoms. The number of alkyl halides is 3. The quantitative estimate of drug-likeness (QED) is 0.806. The van der Waals surface area contributed by atoms with Crippen LogP contribution in [0.2, 0.25) is 0 Å². The second-order valence-corrected chi connectivity index (χ2v) is 6.38. The van der Waals surface area contributed by atoms with E-state index in [1.807, 2.05) is 13.8 Å². The van der Waals surface area contributed by atoms with E-state index < -0.39 is 11.7 Å². The van der Waals surface area contributed by atoms with Crippen LogP contribution in [-0.2, 0) is 22.3 Å². The first kappa shape index (κ1) is 21.5. The van der Waals surface area contributed by atoms with Gasteiger partial charge in [-0.3, -0.25) is 9.59 Å². The van der Waals surface area contributed by atoms with Crippen LogP contribution >= 0.6 is 0 Å². The number of fused-ring (bicyclic) bond motifs is 1. The molecule has 0 spiro atoms. The fourth-order valence-corrected chi connectivity index (χ4v) is 3.09. The number of likely N-dealkylation sites (tertiary alicyclic amines) is 1. The minimum Gasteiger partial charge on any atom is -0.348 e. The van der Waals surface area contributed by atoms with Crippen LogP contribution in [-0.4, -0.2) is 40.4 Å². The number of hydrogen-bond acceptors (Lipinski definition) is 2. The van der Waals surface area contributed by atoms with Crippen molar-refractivity contribution in [2.24, 2.45) is 0 Å². The van der Waals surface area contributed by atoms with Crippen molar-refractivity contribution in [3.8, 4) is 0 Å². The van der Waals surface area contributed by atoms with Gasteiger partial charge in [-0.15, -0.1) is 0 Å². The van der Waals surface area contributed by atoms with Crippen molar-refractivity contribution in [1.29, 1.82) is 0 Å². The van der Waals surface area contributed by atoms with Crippen molar-refractivity contribution >= 4 is 22.7 Å². The maximum absolute atomic E-state index is 12.9. The normalized spacial score (nSPS) is 14.1. The average molecular weight is 395 g/mol. The molecule has 1 aromatic heterocycles. The molecule has 1 fully saturated rings. The van der Waals surface area contributed by atoms with Crippen molar-refractivity contribution in [3.05, 3.63) is 48.2 Å². The second-order valence-electron chi connectivity index (χ2n) is 6.38. The summed E-state index contributed by atoms with van der Waals surface area (Å²) in [5.74, 6) is -0.430. The molecule has 152 valence electrons. The van der Waals surface area contributed by atoms with Gasteiger partial charge < -0.3 is 14.8 Å². The Balaban J connectivity index is 0.00000136. The average Bonchev–Trinajstić information content (AvgIpc) is 2.93. The van der Waals surface area contributed by atoms with Gasteiger partial charge in [-0.05, 0) is 36.8 Å². The zero-order chi connectivity index (χ0) is 21.1. The molecule has 0 saturated carbocycles. The molecular formula is C20H24F3N3O2. The number of amides is 2. The summed E-state index contributed by atoms with van der Waals surface area (Å²) in [7, 11) is 0. The van der Waals surface area contributed by atoms with Gasteiger partial charge in [0.05, 0.1) is 11.6 Å². The molecule has 1 N–H and O–H groups in total. The fraction of sp³-hybridized carbons (Fsp3) is 0.400. The van der Waals surface area contributed by atoms with Gasteiger partial charge >= 0.3 is 6.18 Å². The minimum absolute atomic E-state index is 0.00160. The van der Waals surface area contributed by atoms with Crippen molar-refractivity contribution in [3.63, 3.8) is 0 Å². The highest BCUT2D eigenvalue weighted by atomic mass is 19.4. The maximum atomic E-state index is 12.9. The first-order chi connectivity index (χ1) is 13.2. The Morgan fingerprint density at radius 2 is 1.93 bits per heavy atom. The summed E-state index contributed by atoms with van der Waals surface area (Å²) in [6.07, 6.45) is -1.51. The van der Waals surface area contributed by atoms with Crippen LogP contribution in [0.4, 0.5) is 13.2 Å². The molecule has 28 heavy (non-hydrogen) atoms. The highest BCUT2D eigenvalue weighted by molar-refractivity contribution is 5.88. The van der Waals surface area contributed by atoms with Crippen molar-refractivity contribution < 1.29 is 22.8 Å². The van der Waals surface area contributed by atoms with E-state index in [-0.39, 0.29) is 24.4 Å². The number of carbonyl (C=O) groups is 2. The fourth-order valence-electron chi connectivity index (χ4n) is 3.09. The summed E-state index contributed by atoms with van der Waals surface area (Å²) >= 11 is 0. The third-order valence-corrected chi connectivity index (χ3v) is 4.45. The number of aromatic nitrogens is 1. The van der Waals surface area contributed by atoms with E-state index in [1.54, 1.807) is 22.6 Å². The predicted octanol–water partition coefficient (Wildman–Crippen LogP) is 3.51. The van der Waals surface area contributed by atoms with Gasteiger partial charge in [-0.2, -0.15) is 13.2 Å². The van der Waals surface area contributed by atoms with Crippen molar-refractivity contribution in [2.75, 3.05) is 13.1 Å². The molecule has 3 rings (SSSR count). The molecule has 0 aliphatic carbocycles. The predicted molar refractivity (Wildman–Crippen MR) is 102 cm³/mol. The Morgan fingerprint density at radius 1 is 1.29 bits per heavy atom. The monoisotopic (exact) mass is 395 g/mol. The first-order valence-corrected chi connectivity index (χ1v) is 9.06. The van der Waals surface area contributed by atoms with Gasteiger partial charge in [0.15, 0.2) is 0 Å². The zero-order valence-corrected chi connectivity index (χ0v) is 16.1. The van der Waals surface area contributed by atoms with E-state index >= 15 is 0 Å². The van der Waals surface area contributed by atoms with Crippen molar-refractivity contribution in [1.82, 2.24) is 14.8 Å². The maximum Gasteiger partial charge on any atom is 0.416 e. The van der Waals surface area contributed by atoms with Crippen LogP contribution in [0.15, 0.2) is 37.1 Å². The summed E-state index contributed by atoms with van der Waals surface area (Å²) in [6.45, 7) is 9.97. The Labute approximate surface area is 161 Å². The van der Waals surface area contributed by atoms with Crippen LogP contribution in [0.1, 0.15) is 25.0 Å². The summed E-state index contributed by atoms with van der Waals surface area (Å²) in [5.41, 5.74) is 0.532. The summed E-state index contributed by atoms with van der Waals surface area (Å²) < 4.78 is 40.2. The van der Waals surface area contributed by atoms with Crippen LogP contribution in [0.25, 0.3) is 10.9 Å². The molecule has 0 unspecified atom stereocenters. The van der Waals surface area contributed by atoms with Crippen LogP contribution in [0.5, 0.6) is 0 Å². The molecule has 2 amide bonds. The number of carbonyl (C=O) groups excluding carboxylic acids is 2. The third kappa shape index (κ3) is 4.55. The Morgan fingerprint density at radius 3 is 2.50 bits per heavy atom. The molecule has 0 radical (unpaired) electrons. The van der Waals surface area contributed by atoms with Crippen molar-refractivity contribution in [2.45, 2.75) is 39.5 Å². The first-order valence-electron chi connectivity index (χ1n) is 9.06. The highest BCUT2D eigenvalue weighted by Crippen LogP contribution is 2.32. The molecular weight excluding hydrogens is 371 g/mol. The number of benzene rings is 1. The number of hydrogen-bond donors (Lipinski definition) is 1. The topological polar surface area (TPSA) is 54.3 Å². The minimum atomic E-state index is -4.40. The summed E-state index contributed by atoms with van der Waals surface area (Å²) in [6, 6.07) is 3.38. The lowest BCUT2D eigenvalue weighted by Gasteiger charge is -2.38. The number of nitrogens with zero attached hydrogens (tertiary/aromatic N) is 2. The largest absolute Gasteiger partial charge is 0.416 e.